The maximum Gasteiger partial charge on any atom is 0.231 e. The maximum atomic E-state index is 13.2. The number of halogens is 1. The molecule has 1 aliphatic heterocycles. The monoisotopic (exact) mass is 358 g/mol. The van der Waals surface area contributed by atoms with E-state index in [-0.39, 0.29) is 12.0 Å². The SMILES string of the molecule is Cc1noc(C2CCN(c3nc4c(c(NC5CC(F)C5)n3)CCC4)C2)n1. The first kappa shape index (κ1) is 16.0. The average Bonchev–Trinajstić information content (AvgIpc) is 3.32. The lowest BCUT2D eigenvalue weighted by Gasteiger charge is -2.31. The van der Waals surface area contributed by atoms with Gasteiger partial charge >= 0.3 is 0 Å². The molecule has 1 atom stereocenters. The Labute approximate surface area is 151 Å². The van der Waals surface area contributed by atoms with Crippen LogP contribution in [0.4, 0.5) is 16.2 Å². The van der Waals surface area contributed by atoms with E-state index in [4.69, 9.17) is 14.5 Å². The van der Waals surface area contributed by atoms with Gasteiger partial charge in [0.1, 0.15) is 12.0 Å². The smallest absolute Gasteiger partial charge is 0.231 e. The number of fused-ring (bicyclic) bond motifs is 1. The summed E-state index contributed by atoms with van der Waals surface area (Å²) in [6.45, 7) is 3.50. The largest absolute Gasteiger partial charge is 0.367 e. The van der Waals surface area contributed by atoms with Crippen LogP contribution in [0.15, 0.2) is 4.52 Å². The number of aryl methyl sites for hydroxylation is 2. The van der Waals surface area contributed by atoms with Gasteiger partial charge in [-0.2, -0.15) is 9.97 Å². The summed E-state index contributed by atoms with van der Waals surface area (Å²) < 4.78 is 18.5. The van der Waals surface area contributed by atoms with Gasteiger partial charge in [0, 0.05) is 24.7 Å². The Morgan fingerprint density at radius 1 is 1.19 bits per heavy atom. The standard InChI is InChI=1S/C18H23FN6O/c1-10-20-17(26-24-10)11-5-6-25(9-11)18-22-15-4-2-3-14(15)16(23-18)21-13-7-12(19)8-13/h11-13H,2-9H2,1H3,(H,21,22,23). The van der Waals surface area contributed by atoms with E-state index >= 15 is 0 Å². The molecule has 0 bridgehead atoms. The van der Waals surface area contributed by atoms with Gasteiger partial charge in [-0.1, -0.05) is 5.16 Å². The summed E-state index contributed by atoms with van der Waals surface area (Å²) in [5, 5.41) is 7.36. The number of hydrogen-bond donors (Lipinski definition) is 1. The summed E-state index contributed by atoms with van der Waals surface area (Å²) in [6.07, 6.45) is 4.56. The molecule has 138 valence electrons. The lowest BCUT2D eigenvalue weighted by Crippen LogP contribution is -2.37. The molecule has 2 aromatic heterocycles. The van der Waals surface area contributed by atoms with Gasteiger partial charge in [-0.15, -0.1) is 0 Å². The van der Waals surface area contributed by atoms with Gasteiger partial charge in [0.2, 0.25) is 11.8 Å². The van der Waals surface area contributed by atoms with E-state index in [9.17, 15) is 4.39 Å². The van der Waals surface area contributed by atoms with Crippen molar-refractivity contribution >= 4 is 11.8 Å². The fourth-order valence-electron chi connectivity index (χ4n) is 4.16. The van der Waals surface area contributed by atoms with Crippen LogP contribution in [0.2, 0.25) is 0 Å². The summed E-state index contributed by atoms with van der Waals surface area (Å²) in [7, 11) is 0. The van der Waals surface area contributed by atoms with Crippen molar-refractivity contribution in [2.24, 2.45) is 0 Å². The third-order valence-corrected chi connectivity index (χ3v) is 5.71. The van der Waals surface area contributed by atoms with Crippen molar-refractivity contribution in [1.82, 2.24) is 20.1 Å². The molecule has 2 aliphatic carbocycles. The highest BCUT2D eigenvalue weighted by Gasteiger charge is 2.33. The van der Waals surface area contributed by atoms with Gasteiger partial charge in [0.05, 0.1) is 11.6 Å². The number of nitrogens with zero attached hydrogens (tertiary/aromatic N) is 5. The zero-order chi connectivity index (χ0) is 17.7. The summed E-state index contributed by atoms with van der Waals surface area (Å²) in [5.41, 5.74) is 2.37. The molecule has 0 radical (unpaired) electrons. The van der Waals surface area contributed by atoms with Crippen LogP contribution in [-0.4, -0.2) is 45.4 Å². The molecule has 2 aromatic rings. The van der Waals surface area contributed by atoms with Crippen LogP contribution >= 0.6 is 0 Å². The topological polar surface area (TPSA) is 80.0 Å². The van der Waals surface area contributed by atoms with E-state index in [1.807, 2.05) is 6.92 Å². The molecule has 0 amide bonds. The lowest BCUT2D eigenvalue weighted by molar-refractivity contribution is 0.192. The molecule has 8 heteroatoms. The zero-order valence-electron chi connectivity index (χ0n) is 14.9. The second kappa shape index (κ2) is 6.17. The molecule has 2 fully saturated rings. The Morgan fingerprint density at radius 2 is 2.08 bits per heavy atom. The molecule has 1 unspecified atom stereocenters. The van der Waals surface area contributed by atoms with Crippen LogP contribution in [0.5, 0.6) is 0 Å². The molecular weight excluding hydrogens is 335 g/mol. The predicted octanol–water partition coefficient (Wildman–Crippen LogP) is 2.56. The molecule has 3 aliphatic rings. The van der Waals surface area contributed by atoms with Crippen molar-refractivity contribution in [2.75, 3.05) is 23.3 Å². The molecule has 1 saturated carbocycles. The molecule has 0 aromatic carbocycles. The normalized spacial score (nSPS) is 27.5. The van der Waals surface area contributed by atoms with Crippen LogP contribution < -0.4 is 10.2 Å². The van der Waals surface area contributed by atoms with Crippen LogP contribution in [0, 0.1) is 6.92 Å². The van der Waals surface area contributed by atoms with Gasteiger partial charge in [-0.3, -0.25) is 0 Å². The van der Waals surface area contributed by atoms with Crippen molar-refractivity contribution in [3.63, 3.8) is 0 Å². The first-order valence-electron chi connectivity index (χ1n) is 9.51. The molecule has 1 saturated heterocycles. The maximum absolute atomic E-state index is 13.2. The van der Waals surface area contributed by atoms with Crippen molar-refractivity contribution in [2.45, 2.75) is 63.6 Å². The van der Waals surface area contributed by atoms with Crippen LogP contribution in [0.3, 0.4) is 0 Å². The third-order valence-electron chi connectivity index (χ3n) is 5.71. The lowest BCUT2D eigenvalue weighted by atomic mass is 9.90. The first-order valence-corrected chi connectivity index (χ1v) is 9.51. The quantitative estimate of drug-likeness (QED) is 0.900. The highest BCUT2D eigenvalue weighted by molar-refractivity contribution is 5.54. The molecule has 0 spiro atoms. The van der Waals surface area contributed by atoms with Crippen LogP contribution in [-0.2, 0) is 12.8 Å². The number of hydrogen-bond acceptors (Lipinski definition) is 7. The second-order valence-corrected chi connectivity index (χ2v) is 7.67. The second-order valence-electron chi connectivity index (χ2n) is 7.67. The van der Waals surface area contributed by atoms with E-state index in [0.29, 0.717) is 24.6 Å². The van der Waals surface area contributed by atoms with E-state index in [1.165, 1.54) is 5.56 Å². The van der Waals surface area contributed by atoms with E-state index in [0.717, 1.165) is 56.2 Å². The predicted molar refractivity (Wildman–Crippen MR) is 94.2 cm³/mol. The number of nitrogens with one attached hydrogen (secondary N) is 1. The number of alkyl halides is 1. The van der Waals surface area contributed by atoms with Crippen LogP contribution in [0.25, 0.3) is 0 Å². The van der Waals surface area contributed by atoms with Crippen molar-refractivity contribution in [3.05, 3.63) is 23.0 Å². The number of anilines is 2. The fraction of sp³-hybridized carbons (Fsp3) is 0.667. The summed E-state index contributed by atoms with van der Waals surface area (Å²) in [6, 6.07) is 0.199. The van der Waals surface area contributed by atoms with Gasteiger partial charge < -0.3 is 14.7 Å². The van der Waals surface area contributed by atoms with Crippen molar-refractivity contribution in [3.8, 4) is 0 Å². The minimum Gasteiger partial charge on any atom is -0.367 e. The molecule has 5 rings (SSSR count). The first-order chi connectivity index (χ1) is 12.7. The molecule has 26 heavy (non-hydrogen) atoms. The number of aromatic nitrogens is 4. The highest BCUT2D eigenvalue weighted by atomic mass is 19.1. The summed E-state index contributed by atoms with van der Waals surface area (Å²) in [4.78, 5) is 16.2. The van der Waals surface area contributed by atoms with Gasteiger partial charge in [-0.05, 0) is 45.4 Å². The average molecular weight is 358 g/mol. The molecule has 1 N–H and O–H groups in total. The van der Waals surface area contributed by atoms with Crippen molar-refractivity contribution in [1.29, 1.82) is 0 Å². The zero-order valence-corrected chi connectivity index (χ0v) is 14.9. The highest BCUT2D eigenvalue weighted by Crippen LogP contribution is 2.34. The van der Waals surface area contributed by atoms with Gasteiger partial charge in [0.25, 0.3) is 0 Å². The van der Waals surface area contributed by atoms with E-state index < -0.39 is 6.17 Å². The van der Waals surface area contributed by atoms with E-state index in [2.05, 4.69) is 20.4 Å². The minimum absolute atomic E-state index is 0.199. The Morgan fingerprint density at radius 3 is 2.85 bits per heavy atom. The van der Waals surface area contributed by atoms with Gasteiger partial charge in [-0.25, -0.2) is 9.37 Å². The third kappa shape index (κ3) is 2.81. The van der Waals surface area contributed by atoms with Crippen LogP contribution in [0.1, 0.15) is 54.6 Å². The molecular formula is C18H23FN6O. The minimum atomic E-state index is -0.668. The fourth-order valence-corrected chi connectivity index (χ4v) is 4.16. The summed E-state index contributed by atoms with van der Waals surface area (Å²) in [5.74, 6) is 3.28. The van der Waals surface area contributed by atoms with Crippen molar-refractivity contribution < 1.29 is 8.91 Å². The molecule has 7 nitrogen and oxygen atoms in total. The Kier molecular flexibility index (Phi) is 3.79. The number of rotatable bonds is 4. The van der Waals surface area contributed by atoms with E-state index in [1.54, 1.807) is 0 Å². The molecule has 3 heterocycles. The Hall–Kier alpha value is -2.25. The Balaban J connectivity index is 1.37. The Bertz CT molecular complexity index is 818. The van der Waals surface area contributed by atoms with Gasteiger partial charge in [0.15, 0.2) is 5.82 Å². The summed E-state index contributed by atoms with van der Waals surface area (Å²) >= 11 is 0.